The molecule has 0 bridgehead atoms. The summed E-state index contributed by atoms with van der Waals surface area (Å²) in [7, 11) is 0. The monoisotopic (exact) mass is 692 g/mol. The van der Waals surface area contributed by atoms with Gasteiger partial charge in [0.1, 0.15) is 35.3 Å². The Morgan fingerprint density at radius 1 is 1.08 bits per heavy atom. The van der Waals surface area contributed by atoms with Crippen molar-refractivity contribution in [3.63, 3.8) is 0 Å². The van der Waals surface area contributed by atoms with Crippen LogP contribution in [0, 0.1) is 34.8 Å². The fourth-order valence-electron chi connectivity index (χ4n) is 6.57. The van der Waals surface area contributed by atoms with Crippen LogP contribution in [-0.4, -0.2) is 35.3 Å². The number of rotatable bonds is 8. The average molecular weight is 693 g/mol. The summed E-state index contributed by atoms with van der Waals surface area (Å²) in [6, 6.07) is 8.50. The summed E-state index contributed by atoms with van der Waals surface area (Å²) in [5.74, 6) is -1.67. The lowest BCUT2D eigenvalue weighted by Crippen LogP contribution is -2.35. The molecule has 1 fully saturated rings. The molecule has 1 saturated carbocycles. The van der Waals surface area contributed by atoms with Gasteiger partial charge in [-0.15, -0.1) is 10.2 Å². The quantitative estimate of drug-likeness (QED) is 0.142. The van der Waals surface area contributed by atoms with E-state index >= 15 is 8.78 Å². The third kappa shape index (κ3) is 6.03. The van der Waals surface area contributed by atoms with Crippen LogP contribution in [0.1, 0.15) is 79.5 Å². The molecule has 50 heavy (non-hydrogen) atoms. The number of alkyl halides is 4. The molecule has 5 aromatic rings. The first-order valence-corrected chi connectivity index (χ1v) is 15.8. The van der Waals surface area contributed by atoms with Crippen molar-refractivity contribution in [3.8, 4) is 23.0 Å². The van der Waals surface area contributed by atoms with E-state index in [1.807, 2.05) is 20.8 Å². The average Bonchev–Trinajstić information content (AvgIpc) is 3.54. The maximum atomic E-state index is 15.3. The molecule has 15 heteroatoms. The van der Waals surface area contributed by atoms with E-state index in [-0.39, 0.29) is 35.6 Å². The minimum atomic E-state index is -3.44. The molecule has 3 atom stereocenters. The summed E-state index contributed by atoms with van der Waals surface area (Å²) in [5.41, 5.74) is 5.85. The minimum absolute atomic E-state index is 0.0667. The van der Waals surface area contributed by atoms with Crippen molar-refractivity contribution in [1.29, 1.82) is 0 Å². The summed E-state index contributed by atoms with van der Waals surface area (Å²) < 4.78 is 89.4. The molecular formula is C35H30F6N8O. The molecule has 3 N–H and O–H groups in total. The number of nitrogens with one attached hydrogen (secondary N) is 1. The third-order valence-electron chi connectivity index (χ3n) is 8.73. The van der Waals surface area contributed by atoms with Crippen LogP contribution >= 0.6 is 0 Å². The lowest BCUT2D eigenvalue weighted by Gasteiger charge is -2.23. The van der Waals surface area contributed by atoms with Crippen LogP contribution in [0.5, 0.6) is 0 Å². The molecule has 258 valence electrons. The van der Waals surface area contributed by atoms with Gasteiger partial charge in [-0.1, -0.05) is 5.92 Å². The SMILES string of the molecule is CC(C)(C)C#Cc1ccc(-c2cccn3c(N)nnc23)c([C@H](Cc2cc(F)cc(F)c2)NC(=O)Cn2nc(C(F)F)c3c2C(F)(F)[C@@H]2C[C@H]32)n1. The van der Waals surface area contributed by atoms with Gasteiger partial charge < -0.3 is 11.1 Å². The van der Waals surface area contributed by atoms with Crippen LogP contribution < -0.4 is 11.1 Å². The molecule has 0 unspecified atom stereocenters. The number of carbonyl (C=O) groups excluding carboxylic acids is 1. The van der Waals surface area contributed by atoms with Crippen LogP contribution in [0.4, 0.5) is 32.3 Å². The molecule has 2 aliphatic carbocycles. The second kappa shape index (κ2) is 11.9. The van der Waals surface area contributed by atoms with E-state index in [0.29, 0.717) is 33.2 Å². The van der Waals surface area contributed by atoms with E-state index in [0.717, 1.165) is 12.1 Å². The first-order valence-electron chi connectivity index (χ1n) is 15.8. The van der Waals surface area contributed by atoms with Crippen LogP contribution in [0.2, 0.25) is 0 Å². The summed E-state index contributed by atoms with van der Waals surface area (Å²) in [5, 5.41) is 14.6. The van der Waals surface area contributed by atoms with Gasteiger partial charge in [0.25, 0.3) is 12.3 Å². The van der Waals surface area contributed by atoms with Crippen LogP contribution in [0.3, 0.4) is 0 Å². The molecule has 1 aromatic carbocycles. The normalized spacial score (nSPS) is 18.0. The van der Waals surface area contributed by atoms with Crippen LogP contribution in [-0.2, 0) is 23.7 Å². The zero-order chi connectivity index (χ0) is 35.7. The molecule has 2 aliphatic rings. The number of fused-ring (bicyclic) bond motifs is 4. The highest BCUT2D eigenvalue weighted by Crippen LogP contribution is 2.68. The summed E-state index contributed by atoms with van der Waals surface area (Å²) in [6.45, 7) is 4.90. The molecule has 4 heterocycles. The van der Waals surface area contributed by atoms with Gasteiger partial charge in [-0.25, -0.2) is 22.5 Å². The van der Waals surface area contributed by atoms with Crippen molar-refractivity contribution < 1.29 is 31.1 Å². The Bertz CT molecular complexity index is 2210. The number of halogens is 6. The Kier molecular flexibility index (Phi) is 7.88. The number of hydrogen-bond donors (Lipinski definition) is 2. The lowest BCUT2D eigenvalue weighted by molar-refractivity contribution is -0.123. The van der Waals surface area contributed by atoms with Gasteiger partial charge in [-0.2, -0.15) is 13.9 Å². The van der Waals surface area contributed by atoms with Gasteiger partial charge in [0.15, 0.2) is 5.65 Å². The van der Waals surface area contributed by atoms with Gasteiger partial charge in [0.05, 0.1) is 11.7 Å². The molecule has 4 aromatic heterocycles. The number of pyridine rings is 2. The fourth-order valence-corrected chi connectivity index (χ4v) is 6.57. The molecule has 7 rings (SSSR count). The van der Waals surface area contributed by atoms with Crippen molar-refractivity contribution in [3.05, 3.63) is 94.2 Å². The standard InChI is InChI=1S/C35H30F6N8O/c1-34(2,3)9-8-20-6-7-21(22-5-4-10-48-32(22)45-46-33(48)42)28(43-20)25(13-17-11-18(36)14-19(37)12-17)44-26(50)16-49-30-27(29(47-49)31(38)39)23-15-24(23)35(30,40)41/h4-7,10-12,14,23-25,31H,13,15-16H2,1-3H3,(H2,42,46)(H,44,50)/t23-,24+,25-/m0/s1. The van der Waals surface area contributed by atoms with Crippen molar-refractivity contribution in [2.24, 2.45) is 11.3 Å². The Morgan fingerprint density at radius 2 is 1.82 bits per heavy atom. The summed E-state index contributed by atoms with van der Waals surface area (Å²) in [4.78, 5) is 18.5. The van der Waals surface area contributed by atoms with Gasteiger partial charge in [-0.3, -0.25) is 13.9 Å². The molecule has 1 amide bonds. The van der Waals surface area contributed by atoms with E-state index < -0.39 is 71.1 Å². The second-order valence-corrected chi connectivity index (χ2v) is 13.6. The molecule has 0 spiro atoms. The van der Waals surface area contributed by atoms with Gasteiger partial charge in [0.2, 0.25) is 11.9 Å². The number of anilines is 1. The Morgan fingerprint density at radius 3 is 2.52 bits per heavy atom. The maximum Gasteiger partial charge on any atom is 0.293 e. The van der Waals surface area contributed by atoms with Gasteiger partial charge in [0, 0.05) is 40.3 Å². The number of nitrogens with zero attached hydrogens (tertiary/aromatic N) is 6. The van der Waals surface area contributed by atoms with Crippen molar-refractivity contribution in [1.82, 2.24) is 34.7 Å². The predicted molar refractivity (Wildman–Crippen MR) is 170 cm³/mol. The minimum Gasteiger partial charge on any atom is -0.368 e. The Balaban J connectivity index is 1.34. The van der Waals surface area contributed by atoms with Crippen molar-refractivity contribution in [2.45, 2.75) is 64.5 Å². The first-order chi connectivity index (χ1) is 23.6. The summed E-state index contributed by atoms with van der Waals surface area (Å²) >= 11 is 0. The van der Waals surface area contributed by atoms with E-state index in [1.165, 1.54) is 4.40 Å². The first kappa shape index (κ1) is 33.1. The third-order valence-corrected chi connectivity index (χ3v) is 8.73. The number of hydrogen-bond acceptors (Lipinski definition) is 6. The summed E-state index contributed by atoms with van der Waals surface area (Å²) in [6.07, 6.45) is -1.61. The van der Waals surface area contributed by atoms with Gasteiger partial charge in [-0.05, 0) is 87.4 Å². The molecule has 0 radical (unpaired) electrons. The highest BCUT2D eigenvalue weighted by atomic mass is 19.3. The van der Waals surface area contributed by atoms with E-state index in [4.69, 9.17) is 10.7 Å². The number of amides is 1. The van der Waals surface area contributed by atoms with Gasteiger partial charge >= 0.3 is 0 Å². The number of nitrogen functional groups attached to an aromatic ring is 1. The largest absolute Gasteiger partial charge is 0.368 e. The highest BCUT2D eigenvalue weighted by molar-refractivity contribution is 5.81. The number of aromatic nitrogens is 6. The van der Waals surface area contributed by atoms with Crippen molar-refractivity contribution in [2.75, 3.05) is 5.73 Å². The molecule has 9 nitrogen and oxygen atoms in total. The van der Waals surface area contributed by atoms with Crippen LogP contribution in [0.25, 0.3) is 16.8 Å². The maximum absolute atomic E-state index is 15.3. The smallest absolute Gasteiger partial charge is 0.293 e. The zero-order valence-corrected chi connectivity index (χ0v) is 27.0. The second-order valence-electron chi connectivity index (χ2n) is 13.6. The molecule has 0 saturated heterocycles. The van der Waals surface area contributed by atoms with E-state index in [1.54, 1.807) is 30.5 Å². The number of nitrogens with two attached hydrogens (primary N) is 1. The Labute approximate surface area is 281 Å². The Hall–Kier alpha value is -5.39. The van der Waals surface area contributed by atoms with E-state index in [9.17, 15) is 22.4 Å². The van der Waals surface area contributed by atoms with E-state index in [2.05, 4.69) is 32.5 Å². The molecular weight excluding hydrogens is 662 g/mol. The predicted octanol–water partition coefficient (Wildman–Crippen LogP) is 6.49. The molecule has 0 aliphatic heterocycles. The lowest BCUT2D eigenvalue weighted by atomic mass is 9.94. The highest BCUT2D eigenvalue weighted by Gasteiger charge is 2.67. The van der Waals surface area contributed by atoms with Crippen LogP contribution in [0.15, 0.2) is 48.7 Å². The fraction of sp³-hybridized carbons (Fsp3) is 0.343. The number of carbonyl (C=O) groups is 1. The zero-order valence-electron chi connectivity index (χ0n) is 27.0. The van der Waals surface area contributed by atoms with Crippen molar-refractivity contribution >= 4 is 17.5 Å². The number of benzene rings is 1. The topological polar surface area (TPSA) is 116 Å².